The van der Waals surface area contributed by atoms with Crippen LogP contribution in [-0.2, 0) is 16.6 Å². The summed E-state index contributed by atoms with van der Waals surface area (Å²) < 4.78 is 37.6. The van der Waals surface area contributed by atoms with Crippen LogP contribution in [0.15, 0.2) is 54.9 Å². The van der Waals surface area contributed by atoms with Crippen LogP contribution in [0.1, 0.15) is 37.4 Å². The number of nitrogens with one attached hydrogen (secondary N) is 2. The third-order valence-electron chi connectivity index (χ3n) is 7.11. The van der Waals surface area contributed by atoms with Crippen LogP contribution in [0.2, 0.25) is 0 Å². The summed E-state index contributed by atoms with van der Waals surface area (Å²) in [6, 6.07) is 16.1. The van der Waals surface area contributed by atoms with E-state index in [9.17, 15) is 8.42 Å². The van der Waals surface area contributed by atoms with Gasteiger partial charge in [-0.25, -0.2) is 18.4 Å². The largest absolute Gasteiger partial charge is 0.486 e. The van der Waals surface area contributed by atoms with Crippen molar-refractivity contribution in [3.63, 3.8) is 0 Å². The molecule has 2 aromatic heterocycles. The summed E-state index contributed by atoms with van der Waals surface area (Å²) in [5, 5.41) is 4.52. The van der Waals surface area contributed by atoms with Crippen LogP contribution in [0.25, 0.3) is 22.3 Å². The van der Waals surface area contributed by atoms with E-state index in [4.69, 9.17) is 9.47 Å². The van der Waals surface area contributed by atoms with Crippen LogP contribution in [0, 0.1) is 5.92 Å². The normalized spacial score (nSPS) is 17.7. The molecule has 2 N–H and O–H groups in total. The summed E-state index contributed by atoms with van der Waals surface area (Å²) in [4.78, 5) is 12.5. The second-order valence-corrected chi connectivity index (χ2v) is 12.2. The van der Waals surface area contributed by atoms with Gasteiger partial charge in [-0.05, 0) is 53.3 Å². The number of anilines is 1. The fourth-order valence-corrected chi connectivity index (χ4v) is 6.66. The molecule has 0 unspecified atom stereocenters. The molecular weight excluding hydrogens is 502 g/mol. The third kappa shape index (κ3) is 4.81. The topological polar surface area (TPSA) is 109 Å². The van der Waals surface area contributed by atoms with Crippen molar-refractivity contribution in [1.82, 2.24) is 19.3 Å². The van der Waals surface area contributed by atoms with Gasteiger partial charge in [0.15, 0.2) is 11.5 Å². The summed E-state index contributed by atoms with van der Waals surface area (Å²) in [5.41, 5.74) is 4.64. The van der Waals surface area contributed by atoms with Crippen LogP contribution in [-0.4, -0.2) is 53.2 Å². The maximum absolute atomic E-state index is 12.3. The molecule has 0 amide bonds. The van der Waals surface area contributed by atoms with E-state index in [-0.39, 0.29) is 17.7 Å². The number of H-pyrrole nitrogens is 1. The number of ether oxygens (including phenoxy) is 2. The molecule has 1 atom stereocenters. The number of aromatic amines is 1. The Morgan fingerprint density at radius 1 is 1.05 bits per heavy atom. The van der Waals surface area contributed by atoms with Gasteiger partial charge in [0.25, 0.3) is 0 Å². The van der Waals surface area contributed by atoms with E-state index >= 15 is 0 Å². The van der Waals surface area contributed by atoms with E-state index in [1.165, 1.54) is 0 Å². The van der Waals surface area contributed by atoms with Crippen molar-refractivity contribution in [2.75, 3.05) is 30.8 Å². The molecule has 198 valence electrons. The molecule has 2 aliphatic rings. The zero-order valence-electron chi connectivity index (χ0n) is 21.5. The van der Waals surface area contributed by atoms with Crippen molar-refractivity contribution >= 4 is 26.9 Å². The number of hydrogen-bond acceptors (Lipinski definition) is 7. The first-order valence-corrected chi connectivity index (χ1v) is 14.6. The van der Waals surface area contributed by atoms with Gasteiger partial charge in [-0.3, -0.25) is 0 Å². The Bertz CT molecular complexity index is 1580. The summed E-state index contributed by atoms with van der Waals surface area (Å²) in [5.74, 6) is 2.78. The Kier molecular flexibility index (Phi) is 6.45. The lowest BCUT2D eigenvalue weighted by molar-refractivity contribution is 0.171. The van der Waals surface area contributed by atoms with Crippen molar-refractivity contribution in [3.8, 4) is 22.8 Å². The van der Waals surface area contributed by atoms with Crippen LogP contribution in [0.4, 0.5) is 5.82 Å². The second kappa shape index (κ2) is 9.92. The number of hydrogen-bond donors (Lipinski definition) is 2. The van der Waals surface area contributed by atoms with Crippen LogP contribution >= 0.6 is 0 Å². The van der Waals surface area contributed by atoms with Gasteiger partial charge < -0.3 is 19.8 Å². The highest BCUT2D eigenvalue weighted by atomic mass is 32.2. The SMILES string of the molecule is CC(C)[C@@H](Nc1ncnc2[nH]c(-c3cccc(CN4CCCS4(=O)=O)c3)cc12)c1ccc2c(c1)OCCO2. The molecule has 38 heavy (non-hydrogen) atoms. The molecule has 0 saturated carbocycles. The Morgan fingerprint density at radius 3 is 2.68 bits per heavy atom. The number of nitrogens with zero attached hydrogens (tertiary/aromatic N) is 3. The van der Waals surface area contributed by atoms with Gasteiger partial charge in [-0.1, -0.05) is 38.1 Å². The molecule has 2 aromatic carbocycles. The minimum atomic E-state index is -3.15. The van der Waals surface area contributed by atoms with E-state index in [1.54, 1.807) is 10.6 Å². The maximum atomic E-state index is 12.3. The van der Waals surface area contributed by atoms with Gasteiger partial charge in [0.2, 0.25) is 10.0 Å². The fourth-order valence-electron chi connectivity index (χ4n) is 5.16. The molecule has 0 spiro atoms. The van der Waals surface area contributed by atoms with E-state index < -0.39 is 10.0 Å². The molecule has 4 aromatic rings. The molecule has 4 heterocycles. The van der Waals surface area contributed by atoms with Gasteiger partial charge in [0, 0.05) is 18.8 Å². The smallest absolute Gasteiger partial charge is 0.214 e. The predicted molar refractivity (Wildman–Crippen MR) is 147 cm³/mol. The molecule has 0 radical (unpaired) electrons. The maximum Gasteiger partial charge on any atom is 0.214 e. The standard InChI is InChI=1S/C28H31N5O4S/c1-18(2)26(21-7-8-24-25(14-21)37-11-10-36-24)32-28-22-15-23(31-27(22)29-17-30-28)20-6-3-5-19(13-20)16-33-9-4-12-38(33,34)35/h3,5-8,13-15,17-18,26H,4,9-12,16H2,1-2H3,(H2,29,30,31,32)/t26-/m1/s1. The highest BCUT2D eigenvalue weighted by Crippen LogP contribution is 2.37. The molecule has 1 fully saturated rings. The van der Waals surface area contributed by atoms with Crippen LogP contribution < -0.4 is 14.8 Å². The average Bonchev–Trinajstić information content (AvgIpc) is 3.50. The van der Waals surface area contributed by atoms with Gasteiger partial charge in [0.1, 0.15) is 31.0 Å². The quantitative estimate of drug-likeness (QED) is 0.353. The molecule has 0 bridgehead atoms. The van der Waals surface area contributed by atoms with Crippen LogP contribution in [0.5, 0.6) is 11.5 Å². The second-order valence-electron chi connectivity index (χ2n) is 10.1. The minimum Gasteiger partial charge on any atom is -0.486 e. The van der Waals surface area contributed by atoms with Crippen molar-refractivity contribution in [2.24, 2.45) is 5.92 Å². The Morgan fingerprint density at radius 2 is 1.89 bits per heavy atom. The molecule has 9 nitrogen and oxygen atoms in total. The van der Waals surface area contributed by atoms with Crippen molar-refractivity contribution in [1.29, 1.82) is 0 Å². The molecule has 6 rings (SSSR count). The lowest BCUT2D eigenvalue weighted by atomic mass is 9.95. The summed E-state index contributed by atoms with van der Waals surface area (Å²) in [6.45, 7) is 6.40. The lowest BCUT2D eigenvalue weighted by Crippen LogP contribution is -2.25. The van der Waals surface area contributed by atoms with Crippen LogP contribution in [0.3, 0.4) is 0 Å². The van der Waals surface area contributed by atoms with E-state index in [0.29, 0.717) is 32.7 Å². The molecule has 10 heteroatoms. The summed E-state index contributed by atoms with van der Waals surface area (Å²) in [6.07, 6.45) is 2.24. The Hall–Kier alpha value is -3.63. The highest BCUT2D eigenvalue weighted by molar-refractivity contribution is 7.89. The Labute approximate surface area is 222 Å². The van der Waals surface area contributed by atoms with Crippen molar-refractivity contribution in [3.05, 3.63) is 66.0 Å². The van der Waals surface area contributed by atoms with Crippen molar-refractivity contribution < 1.29 is 17.9 Å². The van der Waals surface area contributed by atoms with Gasteiger partial charge in [-0.2, -0.15) is 4.31 Å². The molecule has 1 saturated heterocycles. The van der Waals surface area contributed by atoms with Gasteiger partial charge in [-0.15, -0.1) is 0 Å². The van der Waals surface area contributed by atoms with Gasteiger partial charge in [0.05, 0.1) is 17.2 Å². The first kappa shape index (κ1) is 24.7. The average molecular weight is 534 g/mol. The monoisotopic (exact) mass is 533 g/mol. The van der Waals surface area contributed by atoms with Crippen molar-refractivity contribution in [2.45, 2.75) is 32.9 Å². The lowest BCUT2D eigenvalue weighted by Gasteiger charge is -2.26. The van der Waals surface area contributed by atoms with E-state index in [1.807, 2.05) is 42.5 Å². The predicted octanol–water partition coefficient (Wildman–Crippen LogP) is 4.74. The minimum absolute atomic E-state index is 0.00647. The Balaban J connectivity index is 1.29. The number of aromatic nitrogens is 3. The van der Waals surface area contributed by atoms with Gasteiger partial charge >= 0.3 is 0 Å². The number of rotatable bonds is 7. The molecular formula is C28H31N5O4S. The molecule has 0 aliphatic carbocycles. The summed E-state index contributed by atoms with van der Waals surface area (Å²) in [7, 11) is -3.15. The number of sulfonamides is 1. The zero-order chi connectivity index (χ0) is 26.3. The number of benzene rings is 2. The zero-order valence-corrected chi connectivity index (χ0v) is 22.3. The molecule has 2 aliphatic heterocycles. The third-order valence-corrected chi connectivity index (χ3v) is 9.01. The highest BCUT2D eigenvalue weighted by Gasteiger charge is 2.28. The van der Waals surface area contributed by atoms with E-state index in [0.717, 1.165) is 50.7 Å². The fraction of sp³-hybridized carbons (Fsp3) is 0.357. The number of fused-ring (bicyclic) bond motifs is 2. The first-order chi connectivity index (χ1) is 18.4. The summed E-state index contributed by atoms with van der Waals surface area (Å²) >= 11 is 0. The van der Waals surface area contributed by atoms with E-state index in [2.05, 4.69) is 40.2 Å². The first-order valence-electron chi connectivity index (χ1n) is 12.9.